The van der Waals surface area contributed by atoms with Crippen LogP contribution in [0.1, 0.15) is 57.9 Å². The highest BCUT2D eigenvalue weighted by molar-refractivity contribution is 7.18. The number of hydrogen-bond acceptors (Lipinski definition) is 5. The molecule has 0 radical (unpaired) electrons. The van der Waals surface area contributed by atoms with Crippen LogP contribution in [0, 0.1) is 5.41 Å². The number of para-hydroxylation sites is 1. The van der Waals surface area contributed by atoms with Crippen LogP contribution in [0.5, 0.6) is 0 Å². The highest BCUT2D eigenvalue weighted by Gasteiger charge is 2.42. The molecule has 27 heavy (non-hydrogen) atoms. The Morgan fingerprint density at radius 1 is 1.19 bits per heavy atom. The summed E-state index contributed by atoms with van der Waals surface area (Å²) in [6.45, 7) is 5.49. The van der Waals surface area contributed by atoms with Crippen LogP contribution in [0.2, 0.25) is 0 Å². The van der Waals surface area contributed by atoms with Crippen LogP contribution in [0.3, 0.4) is 0 Å². The quantitative estimate of drug-likeness (QED) is 0.778. The fourth-order valence-corrected chi connectivity index (χ4v) is 4.82. The normalized spacial score (nSPS) is 16.9. The lowest BCUT2D eigenvalue weighted by molar-refractivity contribution is -0.161. The summed E-state index contributed by atoms with van der Waals surface area (Å²) in [6.07, 6.45) is 5.33. The first-order chi connectivity index (χ1) is 12.8. The Balaban J connectivity index is 1.72. The molecule has 146 valence electrons. The molecular formula is C21H28N2O3S. The van der Waals surface area contributed by atoms with E-state index in [1.54, 1.807) is 11.3 Å². The molecular weight excluding hydrogens is 360 g/mol. The maximum atomic E-state index is 13.0. The van der Waals surface area contributed by atoms with Gasteiger partial charge in [-0.15, -0.1) is 11.3 Å². The second kappa shape index (κ2) is 7.97. The Bertz CT molecular complexity index is 783. The molecule has 3 rings (SSSR count). The lowest BCUT2D eigenvalue weighted by Crippen LogP contribution is -2.44. The second-order valence-corrected chi connectivity index (χ2v) is 9.58. The van der Waals surface area contributed by atoms with Gasteiger partial charge in [-0.05, 0) is 45.7 Å². The Labute approximate surface area is 164 Å². The van der Waals surface area contributed by atoms with E-state index < -0.39 is 5.41 Å². The van der Waals surface area contributed by atoms with Gasteiger partial charge in [0.2, 0.25) is 0 Å². The molecule has 1 aromatic heterocycles. The third-order valence-corrected chi connectivity index (χ3v) is 5.96. The van der Waals surface area contributed by atoms with E-state index in [9.17, 15) is 9.59 Å². The summed E-state index contributed by atoms with van der Waals surface area (Å²) in [5.41, 5.74) is 0.0719. The van der Waals surface area contributed by atoms with Crippen molar-refractivity contribution < 1.29 is 14.3 Å². The van der Waals surface area contributed by atoms with Crippen LogP contribution in [0.15, 0.2) is 24.3 Å². The summed E-state index contributed by atoms with van der Waals surface area (Å²) in [5, 5.41) is 3.80. The van der Waals surface area contributed by atoms with Gasteiger partial charge in [0.05, 0.1) is 20.6 Å². The first kappa shape index (κ1) is 19.8. The number of nitrogens with one attached hydrogen (secondary N) is 1. The molecule has 1 heterocycles. The van der Waals surface area contributed by atoms with E-state index in [1.165, 1.54) is 0 Å². The number of esters is 1. The van der Waals surface area contributed by atoms with E-state index in [0.717, 1.165) is 47.3 Å². The van der Waals surface area contributed by atoms with Gasteiger partial charge in [0.25, 0.3) is 5.91 Å². The highest BCUT2D eigenvalue weighted by Crippen LogP contribution is 2.41. The number of nitrogens with zero attached hydrogens (tertiary/aromatic N) is 1. The molecule has 0 spiro atoms. The fourth-order valence-electron chi connectivity index (χ4n) is 3.71. The Kier molecular flexibility index (Phi) is 5.84. The van der Waals surface area contributed by atoms with E-state index in [0.29, 0.717) is 6.42 Å². The van der Waals surface area contributed by atoms with Gasteiger partial charge in [0.1, 0.15) is 0 Å². The number of hydrogen-bond donors (Lipinski definition) is 1. The highest BCUT2D eigenvalue weighted by atomic mass is 32.1. The lowest BCUT2D eigenvalue weighted by Gasteiger charge is -2.34. The number of carbonyl (C=O) groups is 2. The molecule has 1 aliphatic carbocycles. The average Bonchev–Trinajstić information content (AvgIpc) is 3.01. The first-order valence-corrected chi connectivity index (χ1v) is 10.4. The summed E-state index contributed by atoms with van der Waals surface area (Å²) < 4.78 is 6.60. The molecule has 1 fully saturated rings. The molecule has 1 aromatic carbocycles. The summed E-state index contributed by atoms with van der Waals surface area (Å²) in [6, 6.07) is 8.03. The standard InChI is InChI=1S/C21H28N2O3S/c1-20(2,3)23-17(24)14-26-19(25)21(11-7-4-8-12-21)13-18-22-15-9-5-6-10-16(15)27-18/h5-6,9-10H,4,7-8,11-14H2,1-3H3,(H,23,24). The molecule has 0 saturated heterocycles. The number of carbonyl (C=O) groups excluding carboxylic acids is 2. The van der Waals surface area contributed by atoms with Gasteiger partial charge in [0, 0.05) is 12.0 Å². The minimum Gasteiger partial charge on any atom is -0.455 e. The van der Waals surface area contributed by atoms with Crippen LogP contribution in [0.4, 0.5) is 0 Å². The van der Waals surface area contributed by atoms with Crippen LogP contribution >= 0.6 is 11.3 Å². The molecule has 0 atom stereocenters. The van der Waals surface area contributed by atoms with Crippen molar-refractivity contribution in [3.05, 3.63) is 29.3 Å². The fraction of sp³-hybridized carbons (Fsp3) is 0.571. The van der Waals surface area contributed by atoms with Gasteiger partial charge in [-0.2, -0.15) is 0 Å². The lowest BCUT2D eigenvalue weighted by atomic mass is 9.72. The van der Waals surface area contributed by atoms with Crippen molar-refractivity contribution in [3.8, 4) is 0 Å². The summed E-state index contributed by atoms with van der Waals surface area (Å²) in [7, 11) is 0. The predicted octanol–water partition coefficient (Wildman–Crippen LogP) is 4.25. The second-order valence-electron chi connectivity index (χ2n) is 8.47. The van der Waals surface area contributed by atoms with Gasteiger partial charge in [-0.3, -0.25) is 9.59 Å². The van der Waals surface area contributed by atoms with Crippen LogP contribution in [0.25, 0.3) is 10.2 Å². The number of fused-ring (bicyclic) bond motifs is 1. The zero-order chi connectivity index (χ0) is 19.5. The maximum absolute atomic E-state index is 13.0. The number of ether oxygens (including phenoxy) is 1. The molecule has 1 amide bonds. The third kappa shape index (κ3) is 5.06. The van der Waals surface area contributed by atoms with Crippen molar-refractivity contribution >= 4 is 33.4 Å². The van der Waals surface area contributed by atoms with Crippen molar-refractivity contribution in [2.24, 2.45) is 5.41 Å². The van der Waals surface area contributed by atoms with E-state index in [4.69, 9.17) is 9.72 Å². The number of amides is 1. The molecule has 2 aromatic rings. The molecule has 5 nitrogen and oxygen atoms in total. The smallest absolute Gasteiger partial charge is 0.313 e. The van der Waals surface area contributed by atoms with Gasteiger partial charge < -0.3 is 10.1 Å². The van der Waals surface area contributed by atoms with Crippen LogP contribution in [-0.4, -0.2) is 29.0 Å². The Hall–Kier alpha value is -1.95. The minimum atomic E-state index is -0.561. The first-order valence-electron chi connectivity index (χ1n) is 9.60. The Morgan fingerprint density at radius 2 is 1.89 bits per heavy atom. The SMILES string of the molecule is CC(C)(C)NC(=O)COC(=O)C1(Cc2nc3ccccc3s2)CCCCC1. The molecule has 1 N–H and O–H groups in total. The van der Waals surface area contributed by atoms with E-state index in [1.807, 2.05) is 39.0 Å². The van der Waals surface area contributed by atoms with Crippen molar-refractivity contribution in [2.75, 3.05) is 6.61 Å². The number of aromatic nitrogens is 1. The van der Waals surface area contributed by atoms with Gasteiger partial charge in [0.15, 0.2) is 6.61 Å². The zero-order valence-corrected chi connectivity index (χ0v) is 17.2. The molecule has 0 unspecified atom stereocenters. The van der Waals surface area contributed by atoms with E-state index >= 15 is 0 Å². The molecule has 6 heteroatoms. The van der Waals surface area contributed by atoms with Gasteiger partial charge >= 0.3 is 5.97 Å². The van der Waals surface area contributed by atoms with Crippen molar-refractivity contribution in [2.45, 2.75) is 64.8 Å². The molecule has 1 saturated carbocycles. The van der Waals surface area contributed by atoms with E-state index in [2.05, 4.69) is 11.4 Å². The monoisotopic (exact) mass is 388 g/mol. The molecule has 0 bridgehead atoms. The van der Waals surface area contributed by atoms with Crippen molar-refractivity contribution in [3.63, 3.8) is 0 Å². The number of thiazole rings is 1. The van der Waals surface area contributed by atoms with Crippen LogP contribution < -0.4 is 5.32 Å². The summed E-state index contributed by atoms with van der Waals surface area (Å²) >= 11 is 1.64. The zero-order valence-electron chi connectivity index (χ0n) is 16.3. The minimum absolute atomic E-state index is 0.225. The topological polar surface area (TPSA) is 68.3 Å². The molecule has 0 aliphatic heterocycles. The van der Waals surface area contributed by atoms with Gasteiger partial charge in [-0.25, -0.2) is 4.98 Å². The predicted molar refractivity (Wildman–Crippen MR) is 108 cm³/mol. The van der Waals surface area contributed by atoms with Crippen molar-refractivity contribution in [1.29, 1.82) is 0 Å². The summed E-state index contributed by atoms with van der Waals surface area (Å²) in [4.78, 5) is 29.7. The number of benzene rings is 1. The average molecular weight is 389 g/mol. The summed E-state index contributed by atoms with van der Waals surface area (Å²) in [5.74, 6) is -0.521. The number of rotatable bonds is 5. The third-order valence-electron chi connectivity index (χ3n) is 4.92. The van der Waals surface area contributed by atoms with E-state index in [-0.39, 0.29) is 24.0 Å². The van der Waals surface area contributed by atoms with Crippen molar-refractivity contribution in [1.82, 2.24) is 10.3 Å². The Morgan fingerprint density at radius 3 is 2.56 bits per heavy atom. The molecule has 1 aliphatic rings. The van der Waals surface area contributed by atoms with Gasteiger partial charge in [-0.1, -0.05) is 31.4 Å². The maximum Gasteiger partial charge on any atom is 0.313 e. The van der Waals surface area contributed by atoms with Crippen LogP contribution in [-0.2, 0) is 20.7 Å². The largest absolute Gasteiger partial charge is 0.455 e.